The van der Waals surface area contributed by atoms with Crippen LogP contribution in [0, 0.1) is 0 Å². The summed E-state index contributed by atoms with van der Waals surface area (Å²) in [7, 11) is 0. The molecule has 1 aromatic heterocycles. The van der Waals surface area contributed by atoms with Gasteiger partial charge in [-0.1, -0.05) is 12.1 Å². The van der Waals surface area contributed by atoms with E-state index in [0.717, 1.165) is 96.8 Å². The lowest BCUT2D eigenvalue weighted by molar-refractivity contribution is 0.0710. The second-order valence-electron chi connectivity index (χ2n) is 10.6. The van der Waals surface area contributed by atoms with Crippen LogP contribution in [-0.4, -0.2) is 65.7 Å². The number of amides is 1. The zero-order valence-electron chi connectivity index (χ0n) is 20.5. The van der Waals surface area contributed by atoms with Gasteiger partial charge in [-0.05, 0) is 93.1 Å². The molecule has 2 saturated heterocycles. The highest BCUT2D eigenvalue weighted by Gasteiger charge is 2.33. The maximum atomic E-state index is 14.1. The van der Waals surface area contributed by atoms with Crippen LogP contribution >= 0.6 is 0 Å². The molecule has 186 valence electrons. The molecule has 3 aromatic rings. The highest BCUT2D eigenvalue weighted by atomic mass is 16.7. The van der Waals surface area contributed by atoms with Gasteiger partial charge in [0.15, 0.2) is 11.5 Å². The van der Waals surface area contributed by atoms with Gasteiger partial charge in [-0.25, -0.2) is 4.98 Å². The Morgan fingerprint density at radius 1 is 0.917 bits per heavy atom. The van der Waals surface area contributed by atoms with E-state index in [1.165, 1.54) is 12.8 Å². The fourth-order valence-electron chi connectivity index (χ4n) is 5.88. The number of pyridine rings is 1. The number of benzene rings is 2. The molecular weight excluding hydrogens is 452 g/mol. The Balaban J connectivity index is 1.26. The van der Waals surface area contributed by atoms with E-state index in [0.29, 0.717) is 6.04 Å². The minimum absolute atomic E-state index is 0.130. The third-order valence-electron chi connectivity index (χ3n) is 7.98. The molecule has 3 fully saturated rings. The molecular formula is C29H32N4O3. The molecule has 0 spiro atoms. The molecule has 2 aromatic carbocycles. The summed E-state index contributed by atoms with van der Waals surface area (Å²) in [5.74, 6) is 2.46. The third-order valence-corrected chi connectivity index (χ3v) is 7.98. The number of nitrogens with one attached hydrogen (secondary N) is 1. The third kappa shape index (κ3) is 4.15. The van der Waals surface area contributed by atoms with Crippen molar-refractivity contribution in [1.29, 1.82) is 0 Å². The Hall–Kier alpha value is -3.32. The number of likely N-dealkylation sites (tertiary alicyclic amines) is 2. The van der Waals surface area contributed by atoms with Crippen LogP contribution in [0.15, 0.2) is 42.5 Å². The Kier molecular flexibility index (Phi) is 5.46. The minimum Gasteiger partial charge on any atom is -0.454 e. The van der Waals surface area contributed by atoms with E-state index in [-0.39, 0.29) is 18.7 Å². The van der Waals surface area contributed by atoms with Crippen molar-refractivity contribution in [2.45, 2.75) is 50.6 Å². The summed E-state index contributed by atoms with van der Waals surface area (Å²) in [6.07, 6.45) is 7.03. The number of nitrogens with zero attached hydrogens (tertiary/aromatic N) is 3. The van der Waals surface area contributed by atoms with Gasteiger partial charge in [0.25, 0.3) is 5.91 Å². The Labute approximate surface area is 211 Å². The Bertz CT molecular complexity index is 1320. The van der Waals surface area contributed by atoms with E-state index in [9.17, 15) is 4.79 Å². The molecule has 4 aliphatic rings. The van der Waals surface area contributed by atoms with Gasteiger partial charge in [0.05, 0.1) is 11.1 Å². The maximum absolute atomic E-state index is 14.1. The topological polar surface area (TPSA) is 66.9 Å². The summed E-state index contributed by atoms with van der Waals surface area (Å²) in [4.78, 5) is 23.7. The van der Waals surface area contributed by atoms with E-state index in [2.05, 4.69) is 27.2 Å². The highest BCUT2D eigenvalue weighted by Crippen LogP contribution is 2.37. The van der Waals surface area contributed by atoms with Crippen LogP contribution in [-0.2, 0) is 0 Å². The van der Waals surface area contributed by atoms with Crippen molar-refractivity contribution in [2.75, 3.05) is 38.3 Å². The van der Waals surface area contributed by atoms with Crippen LogP contribution in [0.2, 0.25) is 0 Å². The number of carbonyl (C=O) groups excluding carboxylic acids is 1. The fraction of sp³-hybridized carbons (Fsp3) is 0.448. The van der Waals surface area contributed by atoms with Gasteiger partial charge in [-0.15, -0.1) is 0 Å². The average Bonchev–Trinajstić information content (AvgIpc) is 3.29. The fourth-order valence-corrected chi connectivity index (χ4v) is 5.88. The molecule has 0 radical (unpaired) electrons. The number of hydrogen-bond donors (Lipinski definition) is 1. The summed E-state index contributed by atoms with van der Waals surface area (Å²) in [5.41, 5.74) is 3.67. The number of aromatic nitrogens is 1. The van der Waals surface area contributed by atoms with E-state index in [1.54, 1.807) is 0 Å². The Morgan fingerprint density at radius 3 is 2.58 bits per heavy atom. The number of hydrogen-bond acceptors (Lipinski definition) is 6. The number of anilines is 1. The molecule has 0 bridgehead atoms. The van der Waals surface area contributed by atoms with Gasteiger partial charge in [0.1, 0.15) is 5.82 Å². The zero-order chi connectivity index (χ0) is 24.1. The predicted molar refractivity (Wildman–Crippen MR) is 140 cm³/mol. The van der Waals surface area contributed by atoms with Crippen LogP contribution in [0.5, 0.6) is 11.5 Å². The summed E-state index contributed by atoms with van der Waals surface area (Å²) in [5, 5.41) is 4.42. The van der Waals surface area contributed by atoms with Crippen molar-refractivity contribution in [3.63, 3.8) is 0 Å². The van der Waals surface area contributed by atoms with Gasteiger partial charge < -0.3 is 24.6 Å². The predicted octanol–water partition coefficient (Wildman–Crippen LogP) is 4.91. The normalized spacial score (nSPS) is 21.4. The number of fused-ring (bicyclic) bond motifs is 2. The van der Waals surface area contributed by atoms with Gasteiger partial charge in [0, 0.05) is 30.6 Å². The molecule has 7 heteroatoms. The lowest BCUT2D eigenvalue weighted by atomic mass is 9.99. The highest BCUT2D eigenvalue weighted by molar-refractivity contribution is 6.08. The summed E-state index contributed by atoms with van der Waals surface area (Å²) in [6, 6.07) is 15.0. The van der Waals surface area contributed by atoms with Crippen molar-refractivity contribution in [3.05, 3.63) is 48.0 Å². The standard InChI is InChI=1S/C29H32N4O3/c34-29(33-13-3-4-22(33)17-32-11-1-2-12-32)24-16-28(30-21-7-8-21)31-25-9-5-19(14-23(24)25)20-6-10-26-27(15-20)36-18-35-26/h5-6,9-10,14-16,21-22H,1-4,7-8,11-13,17-18H2,(H,30,31)/t22-/m0/s1. The number of ether oxygens (including phenoxy) is 2. The molecule has 1 N–H and O–H groups in total. The summed E-state index contributed by atoms with van der Waals surface area (Å²) in [6.45, 7) is 4.39. The van der Waals surface area contributed by atoms with Crippen molar-refractivity contribution in [3.8, 4) is 22.6 Å². The zero-order valence-corrected chi connectivity index (χ0v) is 20.5. The van der Waals surface area contributed by atoms with Crippen molar-refractivity contribution in [1.82, 2.24) is 14.8 Å². The van der Waals surface area contributed by atoms with Crippen LogP contribution in [0.25, 0.3) is 22.0 Å². The molecule has 0 unspecified atom stereocenters. The van der Waals surface area contributed by atoms with Crippen molar-refractivity contribution < 1.29 is 14.3 Å². The van der Waals surface area contributed by atoms with Gasteiger partial charge in [0.2, 0.25) is 6.79 Å². The lowest BCUT2D eigenvalue weighted by Crippen LogP contribution is -2.42. The van der Waals surface area contributed by atoms with E-state index < -0.39 is 0 Å². The smallest absolute Gasteiger partial charge is 0.254 e. The average molecular weight is 485 g/mol. The lowest BCUT2D eigenvalue weighted by Gasteiger charge is -2.29. The molecule has 1 amide bonds. The Morgan fingerprint density at radius 2 is 1.72 bits per heavy atom. The molecule has 7 nitrogen and oxygen atoms in total. The second kappa shape index (κ2) is 8.96. The van der Waals surface area contributed by atoms with Crippen LogP contribution in [0.4, 0.5) is 5.82 Å². The monoisotopic (exact) mass is 484 g/mol. The van der Waals surface area contributed by atoms with Crippen LogP contribution < -0.4 is 14.8 Å². The first-order chi connectivity index (χ1) is 17.7. The molecule has 1 atom stereocenters. The van der Waals surface area contributed by atoms with Gasteiger partial charge in [-0.2, -0.15) is 0 Å². The second-order valence-corrected chi connectivity index (χ2v) is 10.6. The molecule has 36 heavy (non-hydrogen) atoms. The summed E-state index contributed by atoms with van der Waals surface area (Å²) < 4.78 is 11.1. The number of carbonyl (C=O) groups is 1. The first-order valence-electron chi connectivity index (χ1n) is 13.4. The van der Waals surface area contributed by atoms with Gasteiger partial charge >= 0.3 is 0 Å². The molecule has 3 aliphatic heterocycles. The minimum atomic E-state index is 0.130. The molecule has 1 saturated carbocycles. The molecule has 4 heterocycles. The first kappa shape index (κ1) is 21.9. The van der Waals surface area contributed by atoms with Crippen molar-refractivity contribution >= 4 is 22.6 Å². The van der Waals surface area contributed by atoms with Gasteiger partial charge in [-0.3, -0.25) is 4.79 Å². The van der Waals surface area contributed by atoms with E-state index in [4.69, 9.17) is 14.5 Å². The number of rotatable bonds is 6. The SMILES string of the molecule is O=C(c1cc(NC2CC2)nc2ccc(-c3ccc4c(c3)OCO4)cc12)N1CCC[C@H]1CN1CCCC1. The quantitative estimate of drug-likeness (QED) is 0.537. The molecule has 7 rings (SSSR count). The first-order valence-corrected chi connectivity index (χ1v) is 13.4. The van der Waals surface area contributed by atoms with Crippen LogP contribution in [0.3, 0.4) is 0 Å². The maximum Gasteiger partial charge on any atom is 0.254 e. The largest absolute Gasteiger partial charge is 0.454 e. The van der Waals surface area contributed by atoms with Crippen molar-refractivity contribution in [2.24, 2.45) is 0 Å². The van der Waals surface area contributed by atoms with E-state index in [1.807, 2.05) is 30.3 Å². The summed E-state index contributed by atoms with van der Waals surface area (Å²) >= 11 is 0. The van der Waals surface area contributed by atoms with Crippen LogP contribution in [0.1, 0.15) is 48.9 Å². The van der Waals surface area contributed by atoms with E-state index >= 15 is 0 Å². The molecule has 1 aliphatic carbocycles.